The molecule has 1 atom stereocenters. The van der Waals surface area contributed by atoms with Crippen molar-refractivity contribution in [2.45, 2.75) is 12.6 Å². The van der Waals surface area contributed by atoms with E-state index in [1.54, 1.807) is 60.7 Å². The van der Waals surface area contributed by atoms with E-state index in [0.717, 1.165) is 17.6 Å². The maximum Gasteiger partial charge on any atom is 0.358 e. The molecule has 1 saturated heterocycles. The molecule has 1 fully saturated rings. The molecule has 0 aromatic heterocycles. The van der Waals surface area contributed by atoms with Gasteiger partial charge < -0.3 is 15.2 Å². The summed E-state index contributed by atoms with van der Waals surface area (Å²) in [5, 5.41) is 14.5. The molecule has 35 heavy (non-hydrogen) atoms. The first kappa shape index (κ1) is 24.3. The lowest BCUT2D eigenvalue weighted by atomic mass is 9.93. The molecule has 0 saturated carbocycles. The molecule has 1 aliphatic heterocycles. The summed E-state index contributed by atoms with van der Waals surface area (Å²) in [6.07, 6.45) is 0. The molecule has 1 amide bonds. The number of aryl methyl sites for hydroxylation is 1. The zero-order chi connectivity index (χ0) is 25.3. The Morgan fingerprint density at radius 2 is 1.54 bits per heavy atom. The first-order valence-electron chi connectivity index (χ1n) is 10.5. The van der Waals surface area contributed by atoms with Crippen molar-refractivity contribution >= 4 is 58.0 Å². The Hall–Kier alpha value is -3.81. The van der Waals surface area contributed by atoms with Crippen LogP contribution in [0.5, 0.6) is 0 Å². The Kier molecular flexibility index (Phi) is 6.56. The molecule has 0 spiro atoms. The van der Waals surface area contributed by atoms with E-state index < -0.39 is 34.7 Å². The number of carbonyl (C=O) groups is 3. The number of para-hydroxylation sites is 2. The average Bonchev–Trinajstić information content (AvgIpc) is 3.08. The molecule has 0 aliphatic carbocycles. The topological polar surface area (TPSA) is 95.9 Å². The predicted octanol–water partition coefficient (Wildman–Crippen LogP) is 5.17. The molecule has 1 heterocycles. The Balaban J connectivity index is 2.10. The Morgan fingerprint density at radius 1 is 0.943 bits per heavy atom. The number of hydrogen-bond donors (Lipinski definition) is 2. The van der Waals surface area contributed by atoms with Crippen molar-refractivity contribution in [3.63, 3.8) is 0 Å². The van der Waals surface area contributed by atoms with E-state index in [1.165, 1.54) is 12.1 Å². The number of anilines is 2. The highest BCUT2D eigenvalue weighted by atomic mass is 35.5. The standard InChI is InChI=1S/C26H20Cl2N2O5/c1-15-11-13-16(14-12-15)22(31)20-23(32)24(33)30(17-7-4-3-5-8-17)26(20,25(34)35-2)29-21-18(27)9-6-10-19(21)28/h3-14,29,31H,1-2H3/t26-/m0/s1. The minimum atomic E-state index is -2.33. The van der Waals surface area contributed by atoms with Gasteiger partial charge >= 0.3 is 11.9 Å². The van der Waals surface area contributed by atoms with Crippen molar-refractivity contribution in [2.24, 2.45) is 0 Å². The average molecular weight is 511 g/mol. The van der Waals surface area contributed by atoms with Crippen molar-refractivity contribution in [3.05, 3.63) is 99.5 Å². The quantitative estimate of drug-likeness (QED) is 0.213. The number of ether oxygens (including phenoxy) is 1. The molecule has 178 valence electrons. The van der Waals surface area contributed by atoms with Crippen LogP contribution >= 0.6 is 23.2 Å². The highest BCUT2D eigenvalue weighted by Crippen LogP contribution is 2.44. The van der Waals surface area contributed by atoms with Crippen LogP contribution in [0.4, 0.5) is 11.4 Å². The highest BCUT2D eigenvalue weighted by Gasteiger charge is 2.63. The number of ketones is 1. The molecular weight excluding hydrogens is 491 g/mol. The number of halogens is 2. The molecule has 4 rings (SSSR count). The molecule has 9 heteroatoms. The smallest absolute Gasteiger partial charge is 0.358 e. The van der Waals surface area contributed by atoms with Crippen LogP contribution < -0.4 is 10.2 Å². The van der Waals surface area contributed by atoms with Gasteiger partial charge in [-0.15, -0.1) is 0 Å². The fourth-order valence-corrected chi connectivity index (χ4v) is 4.46. The largest absolute Gasteiger partial charge is 0.507 e. The van der Waals surface area contributed by atoms with Gasteiger partial charge in [-0.25, -0.2) is 4.79 Å². The number of hydrogen-bond acceptors (Lipinski definition) is 6. The number of aliphatic hydroxyl groups excluding tert-OH is 1. The molecular formula is C26H20Cl2N2O5. The summed E-state index contributed by atoms with van der Waals surface area (Å²) >= 11 is 12.8. The second-order valence-corrected chi connectivity index (χ2v) is 8.63. The van der Waals surface area contributed by atoms with Crippen LogP contribution in [0.15, 0.2) is 78.4 Å². The van der Waals surface area contributed by atoms with Crippen LogP contribution in [0.1, 0.15) is 11.1 Å². The van der Waals surface area contributed by atoms with Gasteiger partial charge in [0.1, 0.15) is 11.3 Å². The van der Waals surface area contributed by atoms with E-state index in [1.807, 2.05) is 6.92 Å². The number of aliphatic hydroxyl groups is 1. The second kappa shape index (κ2) is 9.44. The van der Waals surface area contributed by atoms with Crippen LogP contribution in [-0.2, 0) is 19.1 Å². The van der Waals surface area contributed by atoms with Crippen LogP contribution in [0, 0.1) is 6.92 Å². The summed E-state index contributed by atoms with van der Waals surface area (Å²) in [7, 11) is 1.11. The third kappa shape index (κ3) is 4.03. The molecule has 7 nitrogen and oxygen atoms in total. The molecule has 3 aromatic rings. The number of rotatable bonds is 5. The molecule has 0 bridgehead atoms. The number of nitrogens with zero attached hydrogens (tertiary/aromatic N) is 1. The number of methoxy groups -OCH3 is 1. The number of benzene rings is 3. The third-order valence-corrected chi connectivity index (χ3v) is 6.28. The summed E-state index contributed by atoms with van der Waals surface area (Å²) in [6, 6.07) is 19.3. The number of carbonyl (C=O) groups excluding carboxylic acids is 3. The number of Topliss-reactive ketones (excluding diaryl/α,β-unsaturated/α-hetero) is 1. The number of nitrogens with one attached hydrogen (secondary N) is 1. The van der Waals surface area contributed by atoms with Gasteiger partial charge in [0.05, 0.1) is 22.8 Å². The molecule has 0 radical (unpaired) electrons. The predicted molar refractivity (Wildman–Crippen MR) is 134 cm³/mol. The Labute approximate surface area is 211 Å². The SMILES string of the molecule is COC(=O)[C@]1(Nc2c(Cl)cccc2Cl)C(=C(O)c2ccc(C)cc2)C(=O)C(=O)N1c1ccccc1. The fraction of sp³-hybridized carbons (Fsp3) is 0.115. The Bertz CT molecular complexity index is 1340. The van der Waals surface area contributed by atoms with Gasteiger partial charge in [-0.1, -0.05) is 77.3 Å². The van der Waals surface area contributed by atoms with Gasteiger partial charge in [0.25, 0.3) is 11.4 Å². The lowest BCUT2D eigenvalue weighted by molar-refractivity contribution is -0.145. The lowest BCUT2D eigenvalue weighted by Crippen LogP contribution is -2.59. The van der Waals surface area contributed by atoms with Crippen molar-refractivity contribution in [1.29, 1.82) is 0 Å². The van der Waals surface area contributed by atoms with Crippen LogP contribution in [0.3, 0.4) is 0 Å². The van der Waals surface area contributed by atoms with E-state index in [9.17, 15) is 19.5 Å². The molecule has 1 aliphatic rings. The van der Waals surface area contributed by atoms with Crippen molar-refractivity contribution < 1.29 is 24.2 Å². The fourth-order valence-electron chi connectivity index (χ4n) is 3.97. The van der Waals surface area contributed by atoms with Gasteiger partial charge in [-0.3, -0.25) is 14.5 Å². The number of amides is 1. The third-order valence-electron chi connectivity index (χ3n) is 5.65. The zero-order valence-corrected chi connectivity index (χ0v) is 20.2. The highest BCUT2D eigenvalue weighted by molar-refractivity contribution is 6.54. The van der Waals surface area contributed by atoms with Gasteiger partial charge in [-0.05, 0) is 31.2 Å². The molecule has 0 unspecified atom stereocenters. The van der Waals surface area contributed by atoms with Crippen LogP contribution in [0.2, 0.25) is 10.0 Å². The van der Waals surface area contributed by atoms with Crippen molar-refractivity contribution in [3.8, 4) is 0 Å². The normalized spacial score (nSPS) is 19.0. The van der Waals surface area contributed by atoms with Gasteiger partial charge in [0, 0.05) is 11.3 Å². The maximum atomic E-state index is 13.6. The first-order chi connectivity index (χ1) is 16.7. The zero-order valence-electron chi connectivity index (χ0n) is 18.7. The summed E-state index contributed by atoms with van der Waals surface area (Å²) in [5.41, 5.74) is -1.43. The second-order valence-electron chi connectivity index (χ2n) is 7.82. The summed E-state index contributed by atoms with van der Waals surface area (Å²) in [6.45, 7) is 1.86. The van der Waals surface area contributed by atoms with Gasteiger partial charge in [0.15, 0.2) is 0 Å². The minimum absolute atomic E-state index is 0.0684. The maximum absolute atomic E-state index is 13.6. The molecule has 3 aromatic carbocycles. The van der Waals surface area contributed by atoms with Crippen molar-refractivity contribution in [1.82, 2.24) is 0 Å². The monoisotopic (exact) mass is 510 g/mol. The van der Waals surface area contributed by atoms with E-state index >= 15 is 0 Å². The van der Waals surface area contributed by atoms with Gasteiger partial charge in [0.2, 0.25) is 0 Å². The van der Waals surface area contributed by atoms with E-state index in [2.05, 4.69) is 5.32 Å². The van der Waals surface area contributed by atoms with E-state index in [-0.39, 0.29) is 27.0 Å². The van der Waals surface area contributed by atoms with Crippen LogP contribution in [0.25, 0.3) is 5.76 Å². The minimum Gasteiger partial charge on any atom is -0.507 e. The van der Waals surface area contributed by atoms with E-state index in [4.69, 9.17) is 27.9 Å². The summed E-state index contributed by atoms with van der Waals surface area (Å²) < 4.78 is 5.09. The lowest BCUT2D eigenvalue weighted by Gasteiger charge is -2.37. The Morgan fingerprint density at radius 3 is 2.11 bits per heavy atom. The summed E-state index contributed by atoms with van der Waals surface area (Å²) in [4.78, 5) is 41.4. The van der Waals surface area contributed by atoms with E-state index in [0.29, 0.717) is 0 Å². The summed E-state index contributed by atoms with van der Waals surface area (Å²) in [5.74, 6) is -3.74. The number of esters is 1. The van der Waals surface area contributed by atoms with Crippen LogP contribution in [-0.4, -0.2) is 35.5 Å². The molecule has 2 N–H and O–H groups in total. The van der Waals surface area contributed by atoms with Crippen molar-refractivity contribution in [2.75, 3.05) is 17.3 Å². The first-order valence-corrected chi connectivity index (χ1v) is 11.2. The van der Waals surface area contributed by atoms with Gasteiger partial charge in [-0.2, -0.15) is 0 Å².